The SMILES string of the molecule is CCOC(C)CNCCSC. The normalized spacial score (nSPS) is 13.4. The molecule has 0 aromatic carbocycles. The summed E-state index contributed by atoms with van der Waals surface area (Å²) in [5, 5.41) is 3.33. The predicted molar refractivity (Wildman–Crippen MR) is 52.3 cm³/mol. The summed E-state index contributed by atoms with van der Waals surface area (Å²) in [6.07, 6.45) is 2.47. The van der Waals surface area contributed by atoms with Crippen LogP contribution in [0.2, 0.25) is 0 Å². The lowest BCUT2D eigenvalue weighted by Crippen LogP contribution is -2.28. The van der Waals surface area contributed by atoms with Crippen LogP contribution in [0.3, 0.4) is 0 Å². The maximum atomic E-state index is 5.35. The summed E-state index contributed by atoms with van der Waals surface area (Å²) in [5.74, 6) is 1.18. The van der Waals surface area contributed by atoms with Gasteiger partial charge in [-0.25, -0.2) is 0 Å². The van der Waals surface area contributed by atoms with E-state index in [0.29, 0.717) is 6.10 Å². The monoisotopic (exact) mass is 177 g/mol. The van der Waals surface area contributed by atoms with Crippen molar-refractivity contribution in [2.45, 2.75) is 20.0 Å². The second-order valence-electron chi connectivity index (χ2n) is 2.46. The molecule has 0 aromatic heterocycles. The first-order valence-corrected chi connectivity index (χ1v) is 5.51. The number of thioether (sulfide) groups is 1. The maximum absolute atomic E-state index is 5.35. The summed E-state index contributed by atoms with van der Waals surface area (Å²) in [7, 11) is 0. The molecule has 0 rings (SSSR count). The first kappa shape index (κ1) is 11.3. The minimum absolute atomic E-state index is 0.349. The highest BCUT2D eigenvalue weighted by Crippen LogP contribution is 1.89. The van der Waals surface area contributed by atoms with Gasteiger partial charge in [-0.1, -0.05) is 0 Å². The van der Waals surface area contributed by atoms with Crippen molar-refractivity contribution < 1.29 is 4.74 Å². The van der Waals surface area contributed by atoms with E-state index in [-0.39, 0.29) is 0 Å². The van der Waals surface area contributed by atoms with Crippen molar-refractivity contribution in [1.29, 1.82) is 0 Å². The Kier molecular flexibility index (Phi) is 8.57. The summed E-state index contributed by atoms with van der Waals surface area (Å²) >= 11 is 1.86. The van der Waals surface area contributed by atoms with Crippen LogP contribution in [0.4, 0.5) is 0 Å². The van der Waals surface area contributed by atoms with Crippen molar-refractivity contribution in [2.75, 3.05) is 31.7 Å². The Hall–Kier alpha value is 0.270. The molecule has 0 saturated carbocycles. The molecule has 0 aromatic rings. The van der Waals surface area contributed by atoms with Gasteiger partial charge in [-0.3, -0.25) is 0 Å². The molecule has 0 spiro atoms. The van der Waals surface area contributed by atoms with Crippen LogP contribution in [0, 0.1) is 0 Å². The zero-order valence-corrected chi connectivity index (χ0v) is 8.54. The lowest BCUT2D eigenvalue weighted by Gasteiger charge is -2.11. The van der Waals surface area contributed by atoms with Crippen molar-refractivity contribution in [3.63, 3.8) is 0 Å². The Morgan fingerprint density at radius 1 is 1.55 bits per heavy atom. The maximum Gasteiger partial charge on any atom is 0.0671 e. The van der Waals surface area contributed by atoms with Gasteiger partial charge in [-0.05, 0) is 20.1 Å². The summed E-state index contributed by atoms with van der Waals surface area (Å²) in [6, 6.07) is 0. The molecule has 11 heavy (non-hydrogen) atoms. The number of hydrogen-bond donors (Lipinski definition) is 1. The smallest absolute Gasteiger partial charge is 0.0671 e. The van der Waals surface area contributed by atoms with Gasteiger partial charge in [0.05, 0.1) is 6.10 Å². The van der Waals surface area contributed by atoms with Crippen LogP contribution < -0.4 is 5.32 Å². The zero-order valence-electron chi connectivity index (χ0n) is 7.72. The molecular formula is C8H19NOS. The van der Waals surface area contributed by atoms with E-state index in [2.05, 4.69) is 18.5 Å². The van der Waals surface area contributed by atoms with E-state index in [9.17, 15) is 0 Å². The van der Waals surface area contributed by atoms with E-state index < -0.39 is 0 Å². The lowest BCUT2D eigenvalue weighted by atomic mass is 10.4. The van der Waals surface area contributed by atoms with Gasteiger partial charge in [0.2, 0.25) is 0 Å². The standard InChI is InChI=1S/C8H19NOS/c1-4-10-8(2)7-9-5-6-11-3/h8-9H,4-7H2,1-3H3. The molecule has 2 nitrogen and oxygen atoms in total. The molecule has 0 radical (unpaired) electrons. The van der Waals surface area contributed by atoms with Gasteiger partial charge in [0.1, 0.15) is 0 Å². The van der Waals surface area contributed by atoms with Crippen molar-refractivity contribution in [2.24, 2.45) is 0 Å². The lowest BCUT2D eigenvalue weighted by molar-refractivity contribution is 0.0766. The quantitative estimate of drug-likeness (QED) is 0.593. The Labute approximate surface area is 74.1 Å². The van der Waals surface area contributed by atoms with Crippen molar-refractivity contribution in [3.05, 3.63) is 0 Å². The molecule has 0 aliphatic carbocycles. The molecule has 1 N–H and O–H groups in total. The van der Waals surface area contributed by atoms with Gasteiger partial charge in [0.25, 0.3) is 0 Å². The third-order valence-electron chi connectivity index (χ3n) is 1.37. The van der Waals surface area contributed by atoms with Crippen molar-refractivity contribution in [1.82, 2.24) is 5.32 Å². The van der Waals surface area contributed by atoms with Crippen LogP contribution in [0.25, 0.3) is 0 Å². The Bertz CT molecular complexity index is 80.5. The summed E-state index contributed by atoms with van der Waals surface area (Å²) in [6.45, 7) is 6.98. The van der Waals surface area contributed by atoms with E-state index in [4.69, 9.17) is 4.74 Å². The molecule has 0 aliphatic rings. The molecule has 0 fully saturated rings. The number of nitrogens with one attached hydrogen (secondary N) is 1. The molecule has 0 aliphatic heterocycles. The highest BCUT2D eigenvalue weighted by atomic mass is 32.2. The largest absolute Gasteiger partial charge is 0.377 e. The van der Waals surface area contributed by atoms with Crippen LogP contribution in [0.15, 0.2) is 0 Å². The summed E-state index contributed by atoms with van der Waals surface area (Å²) in [4.78, 5) is 0. The highest BCUT2D eigenvalue weighted by molar-refractivity contribution is 7.98. The number of ether oxygens (including phenoxy) is 1. The highest BCUT2D eigenvalue weighted by Gasteiger charge is 1.97. The third kappa shape index (κ3) is 8.17. The fourth-order valence-electron chi connectivity index (χ4n) is 0.823. The number of hydrogen-bond acceptors (Lipinski definition) is 3. The Morgan fingerprint density at radius 2 is 2.27 bits per heavy atom. The topological polar surface area (TPSA) is 21.3 Å². The molecule has 1 unspecified atom stereocenters. The minimum atomic E-state index is 0.349. The molecular weight excluding hydrogens is 158 g/mol. The first-order chi connectivity index (χ1) is 5.31. The second-order valence-corrected chi connectivity index (χ2v) is 3.45. The van der Waals surface area contributed by atoms with E-state index >= 15 is 0 Å². The van der Waals surface area contributed by atoms with E-state index in [0.717, 1.165) is 19.7 Å². The van der Waals surface area contributed by atoms with E-state index in [1.165, 1.54) is 5.75 Å². The Balaban J connectivity index is 2.97. The zero-order chi connectivity index (χ0) is 8.53. The Morgan fingerprint density at radius 3 is 2.82 bits per heavy atom. The van der Waals surface area contributed by atoms with E-state index in [1.54, 1.807) is 0 Å². The van der Waals surface area contributed by atoms with Crippen molar-refractivity contribution in [3.8, 4) is 0 Å². The molecule has 0 amide bonds. The van der Waals surface area contributed by atoms with Crippen molar-refractivity contribution >= 4 is 11.8 Å². The average molecular weight is 177 g/mol. The summed E-state index contributed by atoms with van der Waals surface area (Å²) < 4.78 is 5.35. The van der Waals surface area contributed by atoms with Gasteiger partial charge in [-0.15, -0.1) is 0 Å². The second kappa shape index (κ2) is 8.37. The van der Waals surface area contributed by atoms with Gasteiger partial charge in [0.15, 0.2) is 0 Å². The van der Waals surface area contributed by atoms with Crippen LogP contribution in [-0.4, -0.2) is 37.8 Å². The fraction of sp³-hybridized carbons (Fsp3) is 1.00. The third-order valence-corrected chi connectivity index (χ3v) is 1.98. The van der Waals surface area contributed by atoms with E-state index in [1.807, 2.05) is 18.7 Å². The molecule has 0 bridgehead atoms. The minimum Gasteiger partial charge on any atom is -0.377 e. The van der Waals surface area contributed by atoms with Crippen LogP contribution in [0.1, 0.15) is 13.8 Å². The fourth-order valence-corrected chi connectivity index (χ4v) is 1.17. The molecule has 3 heteroatoms. The first-order valence-electron chi connectivity index (χ1n) is 4.12. The average Bonchev–Trinajstić information content (AvgIpc) is 1.99. The van der Waals surface area contributed by atoms with Gasteiger partial charge in [0, 0.05) is 25.4 Å². The van der Waals surface area contributed by atoms with Gasteiger partial charge in [-0.2, -0.15) is 11.8 Å². The van der Waals surface area contributed by atoms with Gasteiger partial charge < -0.3 is 10.1 Å². The predicted octanol–water partition coefficient (Wildman–Crippen LogP) is 1.36. The number of rotatable bonds is 7. The van der Waals surface area contributed by atoms with Crippen LogP contribution in [0.5, 0.6) is 0 Å². The molecule has 0 heterocycles. The van der Waals surface area contributed by atoms with Gasteiger partial charge >= 0.3 is 0 Å². The summed E-state index contributed by atoms with van der Waals surface area (Å²) in [5.41, 5.74) is 0. The molecule has 68 valence electrons. The molecule has 1 atom stereocenters. The van der Waals surface area contributed by atoms with Crippen LogP contribution in [-0.2, 0) is 4.74 Å². The van der Waals surface area contributed by atoms with Crippen LogP contribution >= 0.6 is 11.8 Å². The molecule has 0 saturated heterocycles.